The summed E-state index contributed by atoms with van der Waals surface area (Å²) >= 11 is 0. The van der Waals surface area contributed by atoms with Gasteiger partial charge in [0.15, 0.2) is 0 Å². The summed E-state index contributed by atoms with van der Waals surface area (Å²) in [6.07, 6.45) is 2.23. The molecule has 0 aliphatic rings. The van der Waals surface area contributed by atoms with Gasteiger partial charge in [-0.1, -0.05) is 13.0 Å². The highest BCUT2D eigenvalue weighted by molar-refractivity contribution is 7.89. The lowest BCUT2D eigenvalue weighted by Gasteiger charge is -2.20. The van der Waals surface area contributed by atoms with Crippen LogP contribution in [0.15, 0.2) is 35.7 Å². The lowest BCUT2D eigenvalue weighted by Crippen LogP contribution is -2.32. The van der Waals surface area contributed by atoms with Gasteiger partial charge in [0, 0.05) is 13.1 Å². The number of nitrogen functional groups attached to an aromatic ring is 1. The van der Waals surface area contributed by atoms with Crippen molar-refractivity contribution in [3.05, 3.63) is 36.4 Å². The van der Waals surface area contributed by atoms with Gasteiger partial charge in [-0.15, -0.1) is 6.58 Å². The number of anilines is 1. The molecule has 0 bridgehead atoms. The van der Waals surface area contributed by atoms with E-state index in [1.54, 1.807) is 0 Å². The van der Waals surface area contributed by atoms with Crippen LogP contribution in [-0.2, 0) is 10.0 Å². The highest BCUT2D eigenvalue weighted by atomic mass is 32.2. The maximum absolute atomic E-state index is 12.4. The molecule has 0 unspecified atom stereocenters. The van der Waals surface area contributed by atoms with Crippen molar-refractivity contribution in [2.75, 3.05) is 18.8 Å². The van der Waals surface area contributed by atoms with Gasteiger partial charge in [0.1, 0.15) is 4.90 Å². The molecule has 0 saturated heterocycles. The minimum Gasteiger partial charge on any atom is -0.398 e. The van der Waals surface area contributed by atoms with E-state index in [9.17, 15) is 8.42 Å². The Morgan fingerprint density at radius 2 is 2.21 bits per heavy atom. The maximum atomic E-state index is 12.4. The van der Waals surface area contributed by atoms with E-state index >= 15 is 0 Å². The average molecular weight is 279 g/mol. The van der Waals surface area contributed by atoms with E-state index in [0.717, 1.165) is 0 Å². The van der Waals surface area contributed by atoms with Crippen LogP contribution < -0.4 is 5.73 Å². The Hall–Kier alpha value is -1.84. The zero-order valence-electron chi connectivity index (χ0n) is 10.8. The monoisotopic (exact) mass is 279 g/mol. The number of hydrogen-bond donors (Lipinski definition) is 1. The minimum absolute atomic E-state index is 0.0294. The van der Waals surface area contributed by atoms with Gasteiger partial charge in [0.25, 0.3) is 0 Å². The van der Waals surface area contributed by atoms with Crippen LogP contribution >= 0.6 is 0 Å². The molecule has 2 N–H and O–H groups in total. The molecule has 0 heterocycles. The van der Waals surface area contributed by atoms with Crippen LogP contribution in [-0.4, -0.2) is 25.8 Å². The van der Waals surface area contributed by atoms with E-state index in [1.165, 1.54) is 28.6 Å². The van der Waals surface area contributed by atoms with Gasteiger partial charge in [-0.25, -0.2) is 8.42 Å². The fourth-order valence-corrected chi connectivity index (χ4v) is 3.29. The first-order chi connectivity index (χ1) is 8.97. The van der Waals surface area contributed by atoms with Crippen LogP contribution in [0.25, 0.3) is 0 Å². The third kappa shape index (κ3) is 3.34. The van der Waals surface area contributed by atoms with E-state index in [2.05, 4.69) is 6.58 Å². The van der Waals surface area contributed by atoms with Crippen molar-refractivity contribution in [3.63, 3.8) is 0 Å². The number of benzene rings is 1. The highest BCUT2D eigenvalue weighted by Crippen LogP contribution is 2.23. The Labute approximate surface area is 114 Å². The molecule has 102 valence electrons. The minimum atomic E-state index is -3.65. The Kier molecular flexibility index (Phi) is 5.10. The summed E-state index contributed by atoms with van der Waals surface area (Å²) in [5.74, 6) is 0. The summed E-state index contributed by atoms with van der Waals surface area (Å²) in [5.41, 5.74) is 6.15. The SMILES string of the molecule is C=CCN(CCC)S(=O)(=O)c1ccc(C#N)cc1N. The quantitative estimate of drug-likeness (QED) is 0.634. The van der Waals surface area contributed by atoms with E-state index in [4.69, 9.17) is 11.0 Å². The van der Waals surface area contributed by atoms with Crippen LogP contribution in [0.2, 0.25) is 0 Å². The molecule has 1 aromatic carbocycles. The summed E-state index contributed by atoms with van der Waals surface area (Å²) in [5, 5.41) is 8.75. The first-order valence-corrected chi connectivity index (χ1v) is 7.32. The molecular formula is C13H17N3O2S. The van der Waals surface area contributed by atoms with Crippen LogP contribution in [0.3, 0.4) is 0 Å². The number of hydrogen-bond acceptors (Lipinski definition) is 4. The van der Waals surface area contributed by atoms with Crippen LogP contribution in [0, 0.1) is 11.3 Å². The zero-order valence-corrected chi connectivity index (χ0v) is 11.7. The molecule has 1 rings (SSSR count). The summed E-state index contributed by atoms with van der Waals surface area (Å²) < 4.78 is 26.2. The summed E-state index contributed by atoms with van der Waals surface area (Å²) in [4.78, 5) is 0.0294. The van der Waals surface area contributed by atoms with Crippen molar-refractivity contribution in [2.45, 2.75) is 18.2 Å². The Bertz CT molecular complexity index is 603. The molecular weight excluding hydrogens is 262 g/mol. The smallest absolute Gasteiger partial charge is 0.245 e. The van der Waals surface area contributed by atoms with Crippen molar-refractivity contribution >= 4 is 15.7 Å². The fourth-order valence-electron chi connectivity index (χ4n) is 1.69. The number of sulfonamides is 1. The summed E-state index contributed by atoms with van der Waals surface area (Å²) in [7, 11) is -3.65. The third-order valence-electron chi connectivity index (χ3n) is 2.56. The van der Waals surface area contributed by atoms with Gasteiger partial charge < -0.3 is 5.73 Å². The molecule has 0 amide bonds. The average Bonchev–Trinajstić information content (AvgIpc) is 2.38. The molecule has 0 atom stereocenters. The van der Waals surface area contributed by atoms with Gasteiger partial charge in [0.2, 0.25) is 10.0 Å². The molecule has 0 saturated carbocycles. The molecule has 6 heteroatoms. The van der Waals surface area contributed by atoms with Crippen LogP contribution in [0.1, 0.15) is 18.9 Å². The number of nitrogens with two attached hydrogens (primary N) is 1. The lowest BCUT2D eigenvalue weighted by molar-refractivity contribution is 0.442. The second-order valence-corrected chi connectivity index (χ2v) is 5.92. The Balaban J connectivity index is 3.25. The number of nitrogens with zero attached hydrogens (tertiary/aromatic N) is 2. The summed E-state index contributed by atoms with van der Waals surface area (Å²) in [6, 6.07) is 6.10. The molecule has 0 aliphatic heterocycles. The predicted molar refractivity (Wildman–Crippen MR) is 74.8 cm³/mol. The maximum Gasteiger partial charge on any atom is 0.245 e. The normalized spacial score (nSPS) is 11.2. The largest absolute Gasteiger partial charge is 0.398 e. The topological polar surface area (TPSA) is 87.2 Å². The Morgan fingerprint density at radius 3 is 2.68 bits per heavy atom. The molecule has 1 aromatic rings. The fraction of sp³-hybridized carbons (Fsp3) is 0.308. The second-order valence-electron chi connectivity index (χ2n) is 4.02. The van der Waals surface area contributed by atoms with E-state index in [-0.39, 0.29) is 17.1 Å². The van der Waals surface area contributed by atoms with Crippen LogP contribution in [0.4, 0.5) is 5.69 Å². The standard InChI is InChI=1S/C13H17N3O2S/c1-3-7-16(8-4-2)19(17,18)13-6-5-11(10-14)9-12(13)15/h3,5-6,9H,1,4,7-8,15H2,2H3. The van der Waals surface area contributed by atoms with Crippen molar-refractivity contribution in [1.29, 1.82) is 5.26 Å². The second kappa shape index (κ2) is 6.36. The van der Waals surface area contributed by atoms with Gasteiger partial charge in [0.05, 0.1) is 17.3 Å². The van der Waals surface area contributed by atoms with E-state index < -0.39 is 10.0 Å². The molecule has 0 radical (unpaired) electrons. The first kappa shape index (κ1) is 15.2. The Morgan fingerprint density at radius 1 is 1.53 bits per heavy atom. The lowest BCUT2D eigenvalue weighted by atomic mass is 10.2. The zero-order chi connectivity index (χ0) is 14.5. The number of nitriles is 1. The molecule has 5 nitrogen and oxygen atoms in total. The summed E-state index contributed by atoms with van der Waals surface area (Å²) in [6.45, 7) is 6.08. The third-order valence-corrected chi connectivity index (χ3v) is 4.50. The van der Waals surface area contributed by atoms with Gasteiger partial charge in [-0.3, -0.25) is 0 Å². The van der Waals surface area contributed by atoms with Crippen LogP contribution in [0.5, 0.6) is 0 Å². The van der Waals surface area contributed by atoms with E-state index in [0.29, 0.717) is 18.5 Å². The highest BCUT2D eigenvalue weighted by Gasteiger charge is 2.24. The number of rotatable bonds is 6. The molecule has 0 aliphatic carbocycles. The van der Waals surface area contributed by atoms with E-state index in [1.807, 2.05) is 13.0 Å². The van der Waals surface area contributed by atoms with Crippen molar-refractivity contribution in [1.82, 2.24) is 4.31 Å². The molecule has 19 heavy (non-hydrogen) atoms. The van der Waals surface area contributed by atoms with Crippen molar-refractivity contribution in [3.8, 4) is 6.07 Å². The van der Waals surface area contributed by atoms with Crippen molar-refractivity contribution in [2.24, 2.45) is 0 Å². The molecule has 0 fully saturated rings. The van der Waals surface area contributed by atoms with Gasteiger partial charge >= 0.3 is 0 Å². The van der Waals surface area contributed by atoms with Gasteiger partial charge in [-0.05, 0) is 24.6 Å². The predicted octanol–water partition coefficient (Wildman–Crippen LogP) is 1.73. The van der Waals surface area contributed by atoms with Gasteiger partial charge in [-0.2, -0.15) is 9.57 Å². The molecule has 0 spiro atoms. The first-order valence-electron chi connectivity index (χ1n) is 5.88. The molecule has 0 aromatic heterocycles. The van der Waals surface area contributed by atoms with Crippen molar-refractivity contribution < 1.29 is 8.42 Å².